The van der Waals surface area contributed by atoms with Gasteiger partial charge in [-0.1, -0.05) is 38.1 Å². The monoisotopic (exact) mass is 347 g/mol. The molecule has 1 aromatic rings. The zero-order chi connectivity index (χ0) is 18.4. The molecule has 1 fully saturated rings. The summed E-state index contributed by atoms with van der Waals surface area (Å²) in [5.41, 5.74) is 6.01. The van der Waals surface area contributed by atoms with E-state index in [0.717, 1.165) is 12.0 Å². The summed E-state index contributed by atoms with van der Waals surface area (Å²) < 4.78 is 0. The first kappa shape index (κ1) is 19.4. The highest BCUT2D eigenvalue weighted by Gasteiger charge is 2.41. The lowest BCUT2D eigenvalue weighted by molar-refractivity contribution is -0.157. The minimum Gasteiger partial charge on any atom is -0.379 e. The summed E-state index contributed by atoms with van der Waals surface area (Å²) in [6.45, 7) is 5.95. The number of carbonyl (C=O) groups excluding carboxylic acids is 2. The van der Waals surface area contributed by atoms with Crippen LogP contribution in [0.5, 0.6) is 0 Å². The first-order valence-corrected chi connectivity index (χ1v) is 8.91. The summed E-state index contributed by atoms with van der Waals surface area (Å²) in [6.07, 6.45) is 1.37. The zero-order valence-electron chi connectivity index (χ0n) is 15.1. The first-order valence-electron chi connectivity index (χ1n) is 8.91. The summed E-state index contributed by atoms with van der Waals surface area (Å²) in [6, 6.07) is 8.26. The average Bonchev–Trinajstić information content (AvgIpc) is 2.56. The van der Waals surface area contributed by atoms with Crippen molar-refractivity contribution in [3.8, 4) is 0 Å². The van der Waals surface area contributed by atoms with Crippen LogP contribution in [0.1, 0.15) is 50.2 Å². The Hall–Kier alpha value is -1.92. The molecule has 1 unspecified atom stereocenters. The van der Waals surface area contributed by atoms with Crippen LogP contribution < -0.4 is 11.1 Å². The second-order valence-electron chi connectivity index (χ2n) is 7.15. The molecule has 1 atom stereocenters. The van der Waals surface area contributed by atoms with Crippen LogP contribution in [0.25, 0.3) is 0 Å². The number of aliphatic hydroxyl groups is 1. The van der Waals surface area contributed by atoms with E-state index in [1.54, 1.807) is 4.90 Å². The van der Waals surface area contributed by atoms with Crippen LogP contribution >= 0.6 is 0 Å². The van der Waals surface area contributed by atoms with Gasteiger partial charge in [0.2, 0.25) is 5.91 Å². The number of nitrogens with zero attached hydrogens (tertiary/aromatic N) is 1. The van der Waals surface area contributed by atoms with Gasteiger partial charge in [0.05, 0.1) is 0 Å². The number of carbonyl (C=O) groups is 2. The average molecular weight is 347 g/mol. The van der Waals surface area contributed by atoms with Gasteiger partial charge in [-0.3, -0.25) is 9.59 Å². The molecule has 1 saturated heterocycles. The fourth-order valence-electron chi connectivity index (χ4n) is 3.12. The lowest BCUT2D eigenvalue weighted by Crippen LogP contribution is -2.57. The number of nitrogens with two attached hydrogens (primary N) is 1. The molecular weight excluding hydrogens is 318 g/mol. The molecule has 1 heterocycles. The van der Waals surface area contributed by atoms with Gasteiger partial charge in [0.1, 0.15) is 0 Å². The van der Waals surface area contributed by atoms with Crippen molar-refractivity contribution in [1.82, 2.24) is 10.2 Å². The molecule has 0 radical (unpaired) electrons. The van der Waals surface area contributed by atoms with Crippen LogP contribution in [-0.2, 0) is 16.1 Å². The van der Waals surface area contributed by atoms with E-state index in [9.17, 15) is 14.7 Å². The lowest BCUT2D eigenvalue weighted by atomic mass is 9.91. The number of amides is 2. The van der Waals surface area contributed by atoms with Gasteiger partial charge in [-0.15, -0.1) is 0 Å². The van der Waals surface area contributed by atoms with E-state index in [2.05, 4.69) is 31.3 Å². The van der Waals surface area contributed by atoms with Crippen LogP contribution in [0.2, 0.25) is 0 Å². The Morgan fingerprint density at radius 1 is 1.36 bits per heavy atom. The molecule has 0 aliphatic carbocycles. The molecule has 6 nitrogen and oxygen atoms in total. The first-order chi connectivity index (χ1) is 11.8. The smallest absolute Gasteiger partial charge is 0.256 e. The van der Waals surface area contributed by atoms with Crippen molar-refractivity contribution in [3.05, 3.63) is 35.4 Å². The molecule has 138 valence electrons. The van der Waals surface area contributed by atoms with Gasteiger partial charge >= 0.3 is 0 Å². The van der Waals surface area contributed by atoms with Crippen molar-refractivity contribution in [2.75, 3.05) is 19.6 Å². The maximum Gasteiger partial charge on any atom is 0.256 e. The van der Waals surface area contributed by atoms with E-state index in [0.29, 0.717) is 32.0 Å². The Morgan fingerprint density at radius 2 is 2.04 bits per heavy atom. The largest absolute Gasteiger partial charge is 0.379 e. The van der Waals surface area contributed by atoms with Gasteiger partial charge in [0.25, 0.3) is 5.91 Å². The number of rotatable bonds is 8. The maximum atomic E-state index is 12.7. The number of hydrogen-bond donors (Lipinski definition) is 3. The number of benzene rings is 1. The molecule has 0 spiro atoms. The summed E-state index contributed by atoms with van der Waals surface area (Å²) >= 11 is 0. The minimum absolute atomic E-state index is 0.141. The Kier molecular flexibility index (Phi) is 6.56. The van der Waals surface area contributed by atoms with Crippen molar-refractivity contribution in [2.45, 2.75) is 51.2 Å². The van der Waals surface area contributed by atoms with Gasteiger partial charge in [0.15, 0.2) is 5.60 Å². The Labute approximate surface area is 149 Å². The quantitative estimate of drug-likeness (QED) is 0.614. The molecule has 1 aromatic carbocycles. The predicted molar refractivity (Wildman–Crippen MR) is 96.8 cm³/mol. The van der Waals surface area contributed by atoms with E-state index >= 15 is 0 Å². The molecule has 4 N–H and O–H groups in total. The number of hydrogen-bond acceptors (Lipinski definition) is 4. The van der Waals surface area contributed by atoms with Gasteiger partial charge in [-0.2, -0.15) is 0 Å². The Morgan fingerprint density at radius 3 is 2.64 bits per heavy atom. The third-order valence-corrected chi connectivity index (χ3v) is 4.69. The number of nitrogens with one attached hydrogen (secondary N) is 1. The van der Waals surface area contributed by atoms with E-state index in [1.807, 2.05) is 12.1 Å². The highest BCUT2D eigenvalue weighted by atomic mass is 16.3. The van der Waals surface area contributed by atoms with Crippen LogP contribution in [0.4, 0.5) is 0 Å². The van der Waals surface area contributed by atoms with Crippen LogP contribution in [0.15, 0.2) is 24.3 Å². The molecule has 0 bridgehead atoms. The molecule has 6 heteroatoms. The van der Waals surface area contributed by atoms with Gasteiger partial charge in [-0.25, -0.2) is 0 Å². The number of likely N-dealkylation sites (tertiary alicyclic amines) is 1. The zero-order valence-corrected chi connectivity index (χ0v) is 15.1. The second-order valence-corrected chi connectivity index (χ2v) is 7.15. The van der Waals surface area contributed by atoms with Crippen LogP contribution in [0.3, 0.4) is 0 Å². The van der Waals surface area contributed by atoms with E-state index < -0.39 is 11.5 Å². The van der Waals surface area contributed by atoms with Crippen molar-refractivity contribution >= 4 is 11.8 Å². The molecule has 0 saturated carbocycles. The van der Waals surface area contributed by atoms with Crippen molar-refractivity contribution < 1.29 is 14.7 Å². The van der Waals surface area contributed by atoms with Crippen LogP contribution in [-0.4, -0.2) is 47.1 Å². The second kappa shape index (κ2) is 8.45. The minimum atomic E-state index is -1.41. The standard InChI is InChI=1S/C19H29N3O3/c1-14(2)16-6-4-15(5-7-16)12-22-11-3-9-19(25,18(22)24)13-21-10-8-17(20)23/h4-7,14,21,25H,3,8-13H2,1-2H3,(H2,20,23). The molecule has 25 heavy (non-hydrogen) atoms. The third-order valence-electron chi connectivity index (χ3n) is 4.69. The fraction of sp³-hybridized carbons (Fsp3) is 0.579. The summed E-state index contributed by atoms with van der Waals surface area (Å²) in [5.74, 6) is -0.179. The molecule has 2 amide bonds. The van der Waals surface area contributed by atoms with Crippen molar-refractivity contribution in [2.24, 2.45) is 5.73 Å². The molecule has 1 aliphatic heterocycles. The number of primary amides is 1. The molecule has 2 rings (SSSR count). The summed E-state index contributed by atoms with van der Waals surface area (Å²) in [5, 5.41) is 13.7. The Bertz CT molecular complexity index is 600. The SMILES string of the molecule is CC(C)c1ccc(CN2CCCC(O)(CNCCC(N)=O)C2=O)cc1. The third kappa shape index (κ3) is 5.28. The lowest BCUT2D eigenvalue weighted by Gasteiger charge is -2.38. The predicted octanol–water partition coefficient (Wildman–Crippen LogP) is 1.13. The Balaban J connectivity index is 1.95. The van der Waals surface area contributed by atoms with Crippen molar-refractivity contribution in [1.29, 1.82) is 0 Å². The molecule has 0 aromatic heterocycles. The van der Waals surface area contributed by atoms with Gasteiger partial charge in [-0.05, 0) is 29.9 Å². The van der Waals surface area contributed by atoms with E-state index in [-0.39, 0.29) is 18.9 Å². The highest BCUT2D eigenvalue weighted by Crippen LogP contribution is 2.24. The van der Waals surface area contributed by atoms with Gasteiger partial charge < -0.3 is 21.1 Å². The van der Waals surface area contributed by atoms with Gasteiger partial charge in [0, 0.05) is 32.6 Å². The molecular formula is C19H29N3O3. The fourth-order valence-corrected chi connectivity index (χ4v) is 3.12. The van der Waals surface area contributed by atoms with Crippen molar-refractivity contribution in [3.63, 3.8) is 0 Å². The maximum absolute atomic E-state index is 12.7. The van der Waals surface area contributed by atoms with E-state index in [4.69, 9.17) is 5.73 Å². The van der Waals surface area contributed by atoms with E-state index in [1.165, 1.54) is 5.56 Å². The molecule has 1 aliphatic rings. The highest BCUT2D eigenvalue weighted by molar-refractivity contribution is 5.86. The van der Waals surface area contributed by atoms with Crippen LogP contribution in [0, 0.1) is 0 Å². The topological polar surface area (TPSA) is 95.7 Å². The summed E-state index contributed by atoms with van der Waals surface area (Å²) in [7, 11) is 0. The normalized spacial score (nSPS) is 21.0. The summed E-state index contributed by atoms with van der Waals surface area (Å²) in [4.78, 5) is 25.2. The number of piperidine rings is 1.